The van der Waals surface area contributed by atoms with Crippen LogP contribution >= 0.6 is 0 Å². The highest BCUT2D eigenvalue weighted by Gasteiger charge is 2.20. The molecule has 6 nitrogen and oxygen atoms in total. The molecule has 0 aliphatic rings. The highest BCUT2D eigenvalue weighted by atomic mass is 32.2. The molecule has 1 N–H and O–H groups in total. The summed E-state index contributed by atoms with van der Waals surface area (Å²) in [6, 6.07) is 12.1. The van der Waals surface area contributed by atoms with Crippen LogP contribution in [0.15, 0.2) is 47.4 Å². The Morgan fingerprint density at radius 1 is 1.12 bits per heavy atom. The number of carbonyl (C=O) groups is 1. The minimum Gasteiger partial charge on any atom is -0.481 e. The summed E-state index contributed by atoms with van der Waals surface area (Å²) >= 11 is 0. The van der Waals surface area contributed by atoms with E-state index in [2.05, 4.69) is 5.32 Å². The molecule has 2 rings (SSSR count). The maximum atomic E-state index is 12.5. The Kier molecular flexibility index (Phi) is 6.05. The third-order valence-corrected chi connectivity index (χ3v) is 5.73. The monoisotopic (exact) mass is 376 g/mol. The van der Waals surface area contributed by atoms with E-state index < -0.39 is 16.1 Å². The zero-order valence-electron chi connectivity index (χ0n) is 15.6. The van der Waals surface area contributed by atoms with Gasteiger partial charge >= 0.3 is 0 Å². The standard InChI is InChI=1S/C19H24N2O4S/c1-13-7-6-8-16(11-13)25-15(3)19(22)20-18-12-17(10-9-14(18)2)26(23,24)21(4)5/h6-12,15H,1-5H3,(H,20,22)/t15-/m1/s1. The average Bonchev–Trinajstić information content (AvgIpc) is 2.56. The summed E-state index contributed by atoms with van der Waals surface area (Å²) in [4.78, 5) is 12.6. The van der Waals surface area contributed by atoms with Crippen molar-refractivity contribution >= 4 is 21.6 Å². The Labute approximate surface area is 154 Å². The van der Waals surface area contributed by atoms with E-state index in [0.29, 0.717) is 11.4 Å². The van der Waals surface area contributed by atoms with Crippen LogP contribution in [0.5, 0.6) is 5.75 Å². The van der Waals surface area contributed by atoms with E-state index in [1.54, 1.807) is 26.0 Å². The van der Waals surface area contributed by atoms with Gasteiger partial charge in [0.15, 0.2) is 6.10 Å². The molecular formula is C19H24N2O4S. The number of nitrogens with one attached hydrogen (secondary N) is 1. The number of anilines is 1. The predicted molar refractivity (Wildman–Crippen MR) is 102 cm³/mol. The fraction of sp³-hybridized carbons (Fsp3) is 0.316. The number of carbonyl (C=O) groups excluding carboxylic acids is 1. The summed E-state index contributed by atoms with van der Waals surface area (Å²) in [5.41, 5.74) is 2.24. The minimum absolute atomic E-state index is 0.121. The Bertz CT molecular complexity index is 908. The van der Waals surface area contributed by atoms with Crippen molar-refractivity contribution in [2.24, 2.45) is 0 Å². The quantitative estimate of drug-likeness (QED) is 0.841. The van der Waals surface area contributed by atoms with Crippen LogP contribution in [0.2, 0.25) is 0 Å². The third-order valence-electron chi connectivity index (χ3n) is 3.92. The normalized spacial score (nSPS) is 12.7. The zero-order valence-corrected chi connectivity index (χ0v) is 16.4. The molecule has 1 atom stereocenters. The number of nitrogens with zero attached hydrogens (tertiary/aromatic N) is 1. The van der Waals surface area contributed by atoms with Gasteiger partial charge in [-0.3, -0.25) is 4.79 Å². The fourth-order valence-corrected chi connectivity index (χ4v) is 3.22. The first-order valence-corrected chi connectivity index (χ1v) is 9.62. The zero-order chi connectivity index (χ0) is 19.5. The van der Waals surface area contributed by atoms with Gasteiger partial charge in [0.05, 0.1) is 4.90 Å². The van der Waals surface area contributed by atoms with Crippen molar-refractivity contribution < 1.29 is 17.9 Å². The summed E-state index contributed by atoms with van der Waals surface area (Å²) in [6.07, 6.45) is -0.731. The lowest BCUT2D eigenvalue weighted by molar-refractivity contribution is -0.122. The van der Waals surface area contributed by atoms with E-state index in [-0.39, 0.29) is 10.8 Å². The molecule has 0 unspecified atom stereocenters. The smallest absolute Gasteiger partial charge is 0.265 e. The van der Waals surface area contributed by atoms with Crippen LogP contribution in [0, 0.1) is 13.8 Å². The molecule has 0 radical (unpaired) electrons. The van der Waals surface area contributed by atoms with Gasteiger partial charge in [-0.15, -0.1) is 0 Å². The van der Waals surface area contributed by atoms with E-state index in [9.17, 15) is 13.2 Å². The SMILES string of the molecule is Cc1cccc(O[C@H](C)C(=O)Nc2cc(S(=O)(=O)N(C)C)ccc2C)c1. The number of sulfonamides is 1. The Hall–Kier alpha value is -2.38. The maximum absolute atomic E-state index is 12.5. The van der Waals surface area contributed by atoms with Gasteiger partial charge in [0.25, 0.3) is 5.91 Å². The van der Waals surface area contributed by atoms with Crippen molar-refractivity contribution in [2.75, 3.05) is 19.4 Å². The van der Waals surface area contributed by atoms with Gasteiger partial charge in [-0.2, -0.15) is 0 Å². The van der Waals surface area contributed by atoms with E-state index in [0.717, 1.165) is 15.4 Å². The van der Waals surface area contributed by atoms with Gasteiger partial charge < -0.3 is 10.1 Å². The number of ether oxygens (including phenoxy) is 1. The third kappa shape index (κ3) is 4.62. The first-order valence-electron chi connectivity index (χ1n) is 8.18. The number of benzene rings is 2. The lowest BCUT2D eigenvalue weighted by Gasteiger charge is -2.17. The van der Waals surface area contributed by atoms with Crippen molar-refractivity contribution in [1.82, 2.24) is 4.31 Å². The van der Waals surface area contributed by atoms with E-state index in [1.165, 1.54) is 26.2 Å². The highest BCUT2D eigenvalue weighted by molar-refractivity contribution is 7.89. The summed E-state index contributed by atoms with van der Waals surface area (Å²) in [6.45, 7) is 5.39. The molecular weight excluding hydrogens is 352 g/mol. The van der Waals surface area contributed by atoms with Crippen LogP contribution < -0.4 is 10.1 Å². The Morgan fingerprint density at radius 3 is 2.42 bits per heavy atom. The van der Waals surface area contributed by atoms with Gasteiger partial charge in [-0.25, -0.2) is 12.7 Å². The molecule has 0 aliphatic carbocycles. The molecule has 7 heteroatoms. The molecule has 0 spiro atoms. The van der Waals surface area contributed by atoms with E-state index >= 15 is 0 Å². The molecule has 2 aromatic rings. The second kappa shape index (κ2) is 7.88. The Morgan fingerprint density at radius 2 is 1.81 bits per heavy atom. The highest BCUT2D eigenvalue weighted by Crippen LogP contribution is 2.22. The van der Waals surface area contributed by atoms with Crippen LogP contribution in [-0.2, 0) is 14.8 Å². The largest absolute Gasteiger partial charge is 0.481 e. The number of aryl methyl sites for hydroxylation is 2. The number of hydrogen-bond acceptors (Lipinski definition) is 4. The molecule has 0 aliphatic heterocycles. The second-order valence-electron chi connectivity index (χ2n) is 6.33. The molecule has 0 heterocycles. The summed E-state index contributed by atoms with van der Waals surface area (Å²) in [5, 5.41) is 2.75. The first-order chi connectivity index (χ1) is 12.1. The van der Waals surface area contributed by atoms with Crippen LogP contribution in [0.25, 0.3) is 0 Å². The molecule has 0 fully saturated rings. The number of amides is 1. The van der Waals surface area contributed by atoms with Gasteiger partial charge in [0.1, 0.15) is 5.75 Å². The van der Waals surface area contributed by atoms with Crippen LogP contribution in [0.3, 0.4) is 0 Å². The van der Waals surface area contributed by atoms with Gasteiger partial charge in [-0.05, 0) is 56.2 Å². The fourth-order valence-electron chi connectivity index (χ4n) is 2.29. The molecule has 26 heavy (non-hydrogen) atoms. The number of rotatable bonds is 6. The van der Waals surface area contributed by atoms with Crippen LogP contribution in [0.4, 0.5) is 5.69 Å². The van der Waals surface area contributed by atoms with Gasteiger partial charge in [0.2, 0.25) is 10.0 Å². The lowest BCUT2D eigenvalue weighted by atomic mass is 10.2. The predicted octanol–water partition coefficient (Wildman–Crippen LogP) is 2.96. The number of hydrogen-bond donors (Lipinski definition) is 1. The first kappa shape index (κ1) is 19.9. The van der Waals surface area contributed by atoms with Gasteiger partial charge in [-0.1, -0.05) is 18.2 Å². The molecule has 2 aromatic carbocycles. The second-order valence-corrected chi connectivity index (χ2v) is 8.48. The van der Waals surface area contributed by atoms with E-state index in [1.807, 2.05) is 25.1 Å². The summed E-state index contributed by atoms with van der Waals surface area (Å²) < 4.78 is 31.4. The molecule has 0 bridgehead atoms. The Balaban J connectivity index is 2.18. The summed E-state index contributed by atoms with van der Waals surface area (Å²) in [7, 11) is -0.648. The molecule has 0 saturated heterocycles. The molecule has 1 amide bonds. The van der Waals surface area contributed by atoms with Crippen molar-refractivity contribution in [2.45, 2.75) is 31.8 Å². The summed E-state index contributed by atoms with van der Waals surface area (Å²) in [5.74, 6) is 0.252. The van der Waals surface area contributed by atoms with Crippen molar-refractivity contribution in [1.29, 1.82) is 0 Å². The maximum Gasteiger partial charge on any atom is 0.265 e. The van der Waals surface area contributed by atoms with Crippen molar-refractivity contribution in [3.05, 3.63) is 53.6 Å². The van der Waals surface area contributed by atoms with Crippen LogP contribution in [-0.4, -0.2) is 38.8 Å². The average molecular weight is 376 g/mol. The van der Waals surface area contributed by atoms with E-state index in [4.69, 9.17) is 4.74 Å². The van der Waals surface area contributed by atoms with Crippen LogP contribution in [0.1, 0.15) is 18.1 Å². The minimum atomic E-state index is -3.57. The van der Waals surface area contributed by atoms with Crippen molar-refractivity contribution in [3.8, 4) is 5.75 Å². The molecule has 0 saturated carbocycles. The van der Waals surface area contributed by atoms with Gasteiger partial charge in [0, 0.05) is 19.8 Å². The molecule has 140 valence electrons. The molecule has 0 aromatic heterocycles. The van der Waals surface area contributed by atoms with Crippen molar-refractivity contribution in [3.63, 3.8) is 0 Å². The topological polar surface area (TPSA) is 75.7 Å². The lowest BCUT2D eigenvalue weighted by Crippen LogP contribution is -2.30.